The van der Waals surface area contributed by atoms with Crippen LogP contribution in [0.2, 0.25) is 0 Å². The Hall–Kier alpha value is 0.0900. The Morgan fingerprint density at radius 2 is 2.19 bits per heavy atom. The quantitative estimate of drug-likeness (QED) is 0.496. The van der Waals surface area contributed by atoms with Crippen molar-refractivity contribution >= 4 is 29.4 Å². The van der Waals surface area contributed by atoms with E-state index in [-0.39, 0.29) is 18.6 Å². The summed E-state index contributed by atoms with van der Waals surface area (Å²) < 4.78 is 0. The van der Waals surface area contributed by atoms with Gasteiger partial charge < -0.3 is 16.2 Å². The molecular weight excluding hydrogens is 244 g/mol. The van der Waals surface area contributed by atoms with Crippen LogP contribution in [0.15, 0.2) is 0 Å². The van der Waals surface area contributed by atoms with Crippen molar-refractivity contribution in [3.05, 3.63) is 0 Å². The summed E-state index contributed by atoms with van der Waals surface area (Å²) in [6.45, 7) is 0.890. The number of aliphatic hydroxyl groups excluding tert-OH is 1. The molecule has 0 aromatic carbocycles. The number of carbonyl (C=O) groups is 1. The highest BCUT2D eigenvalue weighted by Crippen LogP contribution is 2.01. The van der Waals surface area contributed by atoms with Gasteiger partial charge in [0.2, 0.25) is 5.91 Å². The van der Waals surface area contributed by atoms with Gasteiger partial charge in [0, 0.05) is 18.9 Å². The molecule has 0 bridgehead atoms. The summed E-state index contributed by atoms with van der Waals surface area (Å²) in [5.41, 5.74) is 5.70. The SMILES string of the molecule is CSCC[C@H](N)C(=O)NCCSCCCO. The summed E-state index contributed by atoms with van der Waals surface area (Å²) in [6.07, 6.45) is 3.54. The molecule has 4 N–H and O–H groups in total. The molecule has 16 heavy (non-hydrogen) atoms. The first-order chi connectivity index (χ1) is 7.72. The molecule has 6 heteroatoms. The van der Waals surface area contributed by atoms with Crippen LogP contribution in [-0.2, 0) is 4.79 Å². The average molecular weight is 266 g/mol. The largest absolute Gasteiger partial charge is 0.396 e. The zero-order valence-corrected chi connectivity index (χ0v) is 11.4. The highest BCUT2D eigenvalue weighted by atomic mass is 32.2. The molecule has 0 saturated heterocycles. The first-order valence-electron chi connectivity index (χ1n) is 5.43. The summed E-state index contributed by atoms with van der Waals surface area (Å²) in [4.78, 5) is 11.4. The van der Waals surface area contributed by atoms with E-state index in [0.29, 0.717) is 6.54 Å². The van der Waals surface area contributed by atoms with Gasteiger partial charge in [-0.2, -0.15) is 23.5 Å². The van der Waals surface area contributed by atoms with Crippen LogP contribution in [0, 0.1) is 0 Å². The lowest BCUT2D eigenvalue weighted by Gasteiger charge is -2.11. The number of hydrogen-bond acceptors (Lipinski definition) is 5. The lowest BCUT2D eigenvalue weighted by atomic mass is 10.2. The molecule has 0 aliphatic rings. The third-order valence-corrected chi connectivity index (χ3v) is 3.68. The minimum absolute atomic E-state index is 0.0585. The van der Waals surface area contributed by atoms with Crippen molar-refractivity contribution < 1.29 is 9.90 Å². The molecule has 0 aromatic rings. The molecule has 0 heterocycles. The Bertz CT molecular complexity index is 182. The summed E-state index contributed by atoms with van der Waals surface area (Å²) in [6, 6.07) is -0.380. The minimum Gasteiger partial charge on any atom is -0.396 e. The van der Waals surface area contributed by atoms with Crippen molar-refractivity contribution in [2.24, 2.45) is 5.73 Å². The second-order valence-electron chi connectivity index (χ2n) is 3.37. The lowest BCUT2D eigenvalue weighted by Crippen LogP contribution is -2.41. The lowest BCUT2D eigenvalue weighted by molar-refractivity contribution is -0.122. The predicted molar refractivity (Wildman–Crippen MR) is 73.0 cm³/mol. The average Bonchev–Trinajstić information content (AvgIpc) is 2.30. The van der Waals surface area contributed by atoms with Gasteiger partial charge in [-0.1, -0.05) is 0 Å². The molecule has 0 radical (unpaired) electrons. The normalized spacial score (nSPS) is 12.4. The van der Waals surface area contributed by atoms with Crippen molar-refractivity contribution in [2.45, 2.75) is 18.9 Å². The van der Waals surface area contributed by atoms with Crippen LogP contribution in [-0.4, -0.2) is 53.7 Å². The van der Waals surface area contributed by atoms with Gasteiger partial charge in [-0.15, -0.1) is 0 Å². The van der Waals surface area contributed by atoms with E-state index in [9.17, 15) is 4.79 Å². The molecule has 96 valence electrons. The van der Waals surface area contributed by atoms with Crippen LogP contribution in [0.1, 0.15) is 12.8 Å². The van der Waals surface area contributed by atoms with Crippen LogP contribution < -0.4 is 11.1 Å². The number of nitrogens with two attached hydrogens (primary N) is 1. The Labute approximate surface area is 106 Å². The van der Waals surface area contributed by atoms with Crippen LogP contribution in [0.3, 0.4) is 0 Å². The Balaban J connectivity index is 3.35. The number of rotatable bonds is 10. The number of carbonyl (C=O) groups excluding carboxylic acids is 1. The Morgan fingerprint density at radius 3 is 2.81 bits per heavy atom. The van der Waals surface area contributed by atoms with E-state index in [1.54, 1.807) is 23.5 Å². The highest BCUT2D eigenvalue weighted by molar-refractivity contribution is 7.99. The first kappa shape index (κ1) is 16.1. The maximum Gasteiger partial charge on any atom is 0.236 e. The van der Waals surface area contributed by atoms with Gasteiger partial charge in [-0.3, -0.25) is 4.79 Å². The van der Waals surface area contributed by atoms with E-state index in [0.717, 1.165) is 30.1 Å². The number of nitrogens with one attached hydrogen (secondary N) is 1. The van der Waals surface area contributed by atoms with Crippen LogP contribution in [0.25, 0.3) is 0 Å². The summed E-state index contributed by atoms with van der Waals surface area (Å²) in [5.74, 6) is 2.67. The van der Waals surface area contributed by atoms with Crippen molar-refractivity contribution in [3.8, 4) is 0 Å². The van der Waals surface area contributed by atoms with Gasteiger partial charge in [-0.25, -0.2) is 0 Å². The van der Waals surface area contributed by atoms with E-state index >= 15 is 0 Å². The van der Waals surface area contributed by atoms with E-state index in [1.807, 2.05) is 6.26 Å². The molecule has 0 fully saturated rings. The van der Waals surface area contributed by atoms with Crippen molar-refractivity contribution in [1.82, 2.24) is 5.32 Å². The zero-order chi connectivity index (χ0) is 12.2. The Kier molecular flexibility index (Phi) is 11.6. The molecule has 0 aromatic heterocycles. The number of aliphatic hydroxyl groups is 1. The monoisotopic (exact) mass is 266 g/mol. The molecule has 0 aliphatic heterocycles. The molecule has 0 spiro atoms. The van der Waals surface area contributed by atoms with Gasteiger partial charge in [0.1, 0.15) is 0 Å². The second-order valence-corrected chi connectivity index (χ2v) is 5.58. The third kappa shape index (κ3) is 9.33. The molecule has 4 nitrogen and oxygen atoms in total. The maximum absolute atomic E-state index is 11.4. The van der Waals surface area contributed by atoms with Gasteiger partial charge in [0.05, 0.1) is 6.04 Å². The fourth-order valence-electron chi connectivity index (χ4n) is 1.02. The van der Waals surface area contributed by atoms with Crippen molar-refractivity contribution in [2.75, 3.05) is 36.7 Å². The fourth-order valence-corrected chi connectivity index (χ4v) is 2.30. The molecule has 0 rings (SSSR count). The van der Waals surface area contributed by atoms with E-state index in [1.165, 1.54) is 0 Å². The van der Waals surface area contributed by atoms with E-state index in [2.05, 4.69) is 5.32 Å². The fraction of sp³-hybridized carbons (Fsp3) is 0.900. The van der Waals surface area contributed by atoms with E-state index in [4.69, 9.17) is 10.8 Å². The zero-order valence-electron chi connectivity index (χ0n) is 9.78. The Morgan fingerprint density at radius 1 is 1.44 bits per heavy atom. The van der Waals surface area contributed by atoms with Crippen molar-refractivity contribution in [1.29, 1.82) is 0 Å². The second kappa shape index (κ2) is 11.6. The highest BCUT2D eigenvalue weighted by Gasteiger charge is 2.11. The van der Waals surface area contributed by atoms with Gasteiger partial charge in [-0.05, 0) is 30.6 Å². The number of amides is 1. The van der Waals surface area contributed by atoms with Crippen LogP contribution in [0.4, 0.5) is 0 Å². The van der Waals surface area contributed by atoms with E-state index < -0.39 is 0 Å². The molecule has 1 amide bonds. The maximum atomic E-state index is 11.4. The van der Waals surface area contributed by atoms with Crippen LogP contribution >= 0.6 is 23.5 Å². The minimum atomic E-state index is -0.380. The molecule has 1 atom stereocenters. The van der Waals surface area contributed by atoms with Crippen LogP contribution in [0.5, 0.6) is 0 Å². The summed E-state index contributed by atoms with van der Waals surface area (Å²) >= 11 is 3.43. The topological polar surface area (TPSA) is 75.4 Å². The smallest absolute Gasteiger partial charge is 0.236 e. The van der Waals surface area contributed by atoms with Gasteiger partial charge >= 0.3 is 0 Å². The number of hydrogen-bond donors (Lipinski definition) is 3. The molecule has 0 unspecified atom stereocenters. The van der Waals surface area contributed by atoms with Crippen molar-refractivity contribution in [3.63, 3.8) is 0 Å². The molecular formula is C10H22N2O2S2. The third-order valence-electron chi connectivity index (χ3n) is 1.96. The predicted octanol–water partition coefficient (Wildman–Crippen LogP) is 0.299. The summed E-state index contributed by atoms with van der Waals surface area (Å²) in [7, 11) is 0. The molecule has 0 aliphatic carbocycles. The standard InChI is InChI=1S/C10H22N2O2S2/c1-15-7-3-9(11)10(14)12-4-8-16-6-2-5-13/h9,13H,2-8,11H2,1H3,(H,12,14)/t9-/m0/s1. The number of thioether (sulfide) groups is 2. The van der Waals surface area contributed by atoms with Gasteiger partial charge in [0.15, 0.2) is 0 Å². The summed E-state index contributed by atoms with van der Waals surface area (Å²) in [5, 5.41) is 11.4. The van der Waals surface area contributed by atoms with Gasteiger partial charge in [0.25, 0.3) is 0 Å². The first-order valence-corrected chi connectivity index (χ1v) is 7.98. The molecule has 0 saturated carbocycles.